The third-order valence-corrected chi connectivity index (χ3v) is 2.27. The number of nitro groups is 1. The SMILES string of the molecule is O=C(Cn1ccc([N+](=O)[O-])n1)Nc1ccccc1F. The highest BCUT2D eigenvalue weighted by Crippen LogP contribution is 2.12. The maximum Gasteiger partial charge on any atom is 0.389 e. The molecule has 0 aliphatic carbocycles. The van der Waals surface area contributed by atoms with Crippen LogP contribution in [0.1, 0.15) is 0 Å². The van der Waals surface area contributed by atoms with E-state index >= 15 is 0 Å². The molecule has 98 valence electrons. The monoisotopic (exact) mass is 264 g/mol. The smallest absolute Gasteiger partial charge is 0.358 e. The Bertz CT molecular complexity index is 626. The molecular formula is C11H9FN4O3. The molecule has 0 unspecified atom stereocenters. The second kappa shape index (κ2) is 5.25. The van der Waals surface area contributed by atoms with E-state index in [4.69, 9.17) is 0 Å². The molecule has 0 radical (unpaired) electrons. The van der Waals surface area contributed by atoms with Gasteiger partial charge in [0, 0.05) is 0 Å². The van der Waals surface area contributed by atoms with Crippen LogP contribution in [-0.2, 0) is 11.3 Å². The second-order valence-electron chi connectivity index (χ2n) is 3.66. The molecule has 1 aromatic carbocycles. The minimum atomic E-state index is -0.661. The van der Waals surface area contributed by atoms with Gasteiger partial charge in [0.25, 0.3) is 0 Å². The quantitative estimate of drug-likeness (QED) is 0.670. The van der Waals surface area contributed by atoms with E-state index in [1.54, 1.807) is 6.07 Å². The maximum absolute atomic E-state index is 13.3. The highest BCUT2D eigenvalue weighted by atomic mass is 19.1. The molecule has 0 saturated carbocycles. The molecule has 0 saturated heterocycles. The van der Waals surface area contributed by atoms with Crippen molar-refractivity contribution in [2.45, 2.75) is 6.54 Å². The van der Waals surface area contributed by atoms with Crippen LogP contribution in [0.4, 0.5) is 15.9 Å². The molecule has 0 bridgehead atoms. The summed E-state index contributed by atoms with van der Waals surface area (Å²) in [6.45, 7) is -0.234. The van der Waals surface area contributed by atoms with Crippen molar-refractivity contribution >= 4 is 17.4 Å². The summed E-state index contributed by atoms with van der Waals surface area (Å²) in [4.78, 5) is 21.4. The van der Waals surface area contributed by atoms with E-state index in [1.807, 2.05) is 0 Å². The van der Waals surface area contributed by atoms with Crippen molar-refractivity contribution in [3.63, 3.8) is 0 Å². The minimum Gasteiger partial charge on any atom is -0.358 e. The number of benzene rings is 1. The van der Waals surface area contributed by atoms with Crippen LogP contribution in [0.15, 0.2) is 36.5 Å². The Morgan fingerprint density at radius 1 is 1.42 bits per heavy atom. The van der Waals surface area contributed by atoms with E-state index < -0.39 is 16.6 Å². The van der Waals surface area contributed by atoms with Gasteiger partial charge in [-0.05, 0) is 17.1 Å². The molecular weight excluding hydrogens is 255 g/mol. The van der Waals surface area contributed by atoms with Crippen molar-refractivity contribution in [1.29, 1.82) is 0 Å². The van der Waals surface area contributed by atoms with E-state index in [0.29, 0.717) is 0 Å². The van der Waals surface area contributed by atoms with Crippen LogP contribution in [0.25, 0.3) is 0 Å². The van der Waals surface area contributed by atoms with Crippen molar-refractivity contribution in [2.24, 2.45) is 0 Å². The lowest BCUT2D eigenvalue weighted by Gasteiger charge is -2.04. The van der Waals surface area contributed by atoms with Crippen LogP contribution in [0.2, 0.25) is 0 Å². The highest BCUT2D eigenvalue weighted by Gasteiger charge is 2.14. The Labute approximate surface area is 106 Å². The van der Waals surface area contributed by atoms with Gasteiger partial charge in [0.15, 0.2) is 0 Å². The number of anilines is 1. The fraction of sp³-hybridized carbons (Fsp3) is 0.0909. The Morgan fingerprint density at radius 2 is 2.16 bits per heavy atom. The van der Waals surface area contributed by atoms with Crippen LogP contribution in [-0.4, -0.2) is 20.6 Å². The lowest BCUT2D eigenvalue weighted by Crippen LogP contribution is -2.19. The zero-order valence-corrected chi connectivity index (χ0v) is 9.62. The van der Waals surface area contributed by atoms with E-state index in [0.717, 1.165) is 4.68 Å². The van der Waals surface area contributed by atoms with Crippen molar-refractivity contribution < 1.29 is 14.1 Å². The lowest BCUT2D eigenvalue weighted by molar-refractivity contribution is -0.389. The van der Waals surface area contributed by atoms with Gasteiger partial charge in [-0.15, -0.1) is 0 Å². The first-order chi connectivity index (χ1) is 9.06. The summed E-state index contributed by atoms with van der Waals surface area (Å²) in [5.41, 5.74) is 0.0501. The molecule has 0 aliphatic rings. The third kappa shape index (κ3) is 3.12. The molecule has 1 aromatic heterocycles. The summed E-state index contributed by atoms with van der Waals surface area (Å²) in [5, 5.41) is 16.3. The zero-order valence-electron chi connectivity index (χ0n) is 9.62. The third-order valence-electron chi connectivity index (χ3n) is 2.27. The summed E-state index contributed by atoms with van der Waals surface area (Å²) in [6.07, 6.45) is 1.30. The molecule has 0 atom stereocenters. The van der Waals surface area contributed by atoms with Gasteiger partial charge < -0.3 is 15.4 Å². The topological polar surface area (TPSA) is 90.1 Å². The standard InChI is InChI=1S/C11H9FN4O3/c12-8-3-1-2-4-9(8)13-11(17)7-15-6-5-10(14-15)16(18)19/h1-6H,7H2,(H,13,17). The predicted molar refractivity (Wildman–Crippen MR) is 63.9 cm³/mol. The molecule has 2 aromatic rings. The molecule has 0 fully saturated rings. The number of rotatable bonds is 4. The van der Waals surface area contributed by atoms with E-state index in [9.17, 15) is 19.3 Å². The number of amides is 1. The zero-order chi connectivity index (χ0) is 13.8. The highest BCUT2D eigenvalue weighted by molar-refractivity contribution is 5.90. The van der Waals surface area contributed by atoms with Gasteiger partial charge >= 0.3 is 5.82 Å². The average molecular weight is 264 g/mol. The number of nitrogens with zero attached hydrogens (tertiary/aromatic N) is 3. The molecule has 19 heavy (non-hydrogen) atoms. The number of carbonyl (C=O) groups is 1. The second-order valence-corrected chi connectivity index (χ2v) is 3.66. The number of aromatic nitrogens is 2. The molecule has 2 rings (SSSR count). The summed E-state index contributed by atoms with van der Waals surface area (Å²) in [5.74, 6) is -1.43. The first-order valence-electron chi connectivity index (χ1n) is 5.28. The van der Waals surface area contributed by atoms with Crippen LogP contribution < -0.4 is 5.32 Å². The molecule has 0 aliphatic heterocycles. The van der Waals surface area contributed by atoms with Crippen LogP contribution in [0, 0.1) is 15.9 Å². The van der Waals surface area contributed by atoms with Gasteiger partial charge in [-0.3, -0.25) is 4.79 Å². The van der Waals surface area contributed by atoms with Crippen LogP contribution in [0.5, 0.6) is 0 Å². The van der Waals surface area contributed by atoms with E-state index in [1.165, 1.54) is 30.5 Å². The van der Waals surface area contributed by atoms with Gasteiger partial charge in [-0.25, -0.2) is 4.39 Å². The number of hydrogen-bond donors (Lipinski definition) is 1. The maximum atomic E-state index is 13.3. The van der Waals surface area contributed by atoms with Gasteiger partial charge in [0.1, 0.15) is 12.4 Å². The molecule has 1 N–H and O–H groups in total. The summed E-state index contributed by atoms with van der Waals surface area (Å²) < 4.78 is 14.4. The number of carbonyl (C=O) groups excluding carboxylic acids is 1. The van der Waals surface area contributed by atoms with E-state index in [2.05, 4.69) is 10.4 Å². The Kier molecular flexibility index (Phi) is 3.51. The van der Waals surface area contributed by atoms with Crippen molar-refractivity contribution in [3.8, 4) is 0 Å². The number of para-hydroxylation sites is 1. The van der Waals surface area contributed by atoms with Gasteiger partial charge in [0.2, 0.25) is 5.91 Å². The minimum absolute atomic E-state index is 0.0501. The number of hydrogen-bond acceptors (Lipinski definition) is 4. The fourth-order valence-electron chi connectivity index (χ4n) is 1.44. The van der Waals surface area contributed by atoms with Gasteiger partial charge in [0.05, 0.1) is 23.0 Å². The molecule has 7 nitrogen and oxygen atoms in total. The normalized spacial score (nSPS) is 10.2. The first-order valence-corrected chi connectivity index (χ1v) is 5.28. The number of halogens is 1. The lowest BCUT2D eigenvalue weighted by atomic mass is 10.3. The van der Waals surface area contributed by atoms with Crippen molar-refractivity contribution in [1.82, 2.24) is 9.78 Å². The predicted octanol–water partition coefficient (Wildman–Crippen LogP) is 1.57. The van der Waals surface area contributed by atoms with Crippen molar-refractivity contribution in [2.75, 3.05) is 5.32 Å². The Morgan fingerprint density at radius 3 is 2.79 bits per heavy atom. The summed E-state index contributed by atoms with van der Waals surface area (Å²) in [7, 11) is 0. The largest absolute Gasteiger partial charge is 0.389 e. The van der Waals surface area contributed by atoms with Crippen molar-refractivity contribution in [3.05, 3.63) is 52.5 Å². The Hall–Kier alpha value is -2.77. The van der Waals surface area contributed by atoms with Gasteiger partial charge in [-0.2, -0.15) is 4.68 Å². The fourth-order valence-corrected chi connectivity index (χ4v) is 1.44. The molecule has 8 heteroatoms. The molecule has 1 heterocycles. The molecule has 0 spiro atoms. The first kappa shape index (κ1) is 12.7. The average Bonchev–Trinajstić information content (AvgIpc) is 2.80. The van der Waals surface area contributed by atoms with Crippen LogP contribution in [0.3, 0.4) is 0 Å². The Balaban J connectivity index is 2.01. The van der Waals surface area contributed by atoms with Gasteiger partial charge in [-0.1, -0.05) is 12.1 Å². The molecule has 1 amide bonds. The summed E-state index contributed by atoms with van der Waals surface area (Å²) in [6, 6.07) is 6.89. The van der Waals surface area contributed by atoms with Crippen LogP contribution >= 0.6 is 0 Å². The summed E-state index contributed by atoms with van der Waals surface area (Å²) >= 11 is 0. The number of nitrogens with one attached hydrogen (secondary N) is 1. The van der Waals surface area contributed by atoms with E-state index in [-0.39, 0.29) is 18.1 Å².